The van der Waals surface area contributed by atoms with Gasteiger partial charge < -0.3 is 5.73 Å². The fourth-order valence-electron chi connectivity index (χ4n) is 1.33. The Morgan fingerprint density at radius 3 is 2.78 bits per heavy atom. The Morgan fingerprint density at radius 1 is 1.50 bits per heavy atom. The molecule has 0 fully saturated rings. The number of hydrogen-bond donors (Lipinski definition) is 2. The maximum absolute atomic E-state index is 12.1. The Morgan fingerprint density at radius 2 is 2.22 bits per heavy atom. The van der Waals surface area contributed by atoms with Gasteiger partial charge in [-0.25, -0.2) is 4.98 Å². The van der Waals surface area contributed by atoms with E-state index in [4.69, 9.17) is 5.73 Å². The third kappa shape index (κ3) is 2.46. The molecule has 0 atom stereocenters. The van der Waals surface area contributed by atoms with Crippen molar-refractivity contribution in [1.82, 2.24) is 14.8 Å². The van der Waals surface area contributed by atoms with Gasteiger partial charge in [0.2, 0.25) is 0 Å². The molecular formula is C9H10BrN5O2S. The number of aryl methyl sites for hydroxylation is 1. The van der Waals surface area contributed by atoms with Crippen molar-refractivity contribution in [3.8, 4) is 0 Å². The summed E-state index contributed by atoms with van der Waals surface area (Å²) in [4.78, 5) is 3.91. The predicted octanol–water partition coefficient (Wildman–Crippen LogP) is 0.961. The Bertz CT molecular complexity index is 682. The molecule has 3 N–H and O–H groups in total. The van der Waals surface area contributed by atoms with Crippen LogP contribution in [0.4, 0.5) is 11.5 Å². The van der Waals surface area contributed by atoms with Crippen LogP contribution in [0.25, 0.3) is 0 Å². The van der Waals surface area contributed by atoms with Crippen molar-refractivity contribution in [2.45, 2.75) is 5.03 Å². The zero-order valence-electron chi connectivity index (χ0n) is 9.33. The summed E-state index contributed by atoms with van der Waals surface area (Å²) in [6.45, 7) is 0. The van der Waals surface area contributed by atoms with E-state index in [-0.39, 0.29) is 10.8 Å². The molecule has 96 valence electrons. The van der Waals surface area contributed by atoms with Crippen molar-refractivity contribution in [2.75, 3.05) is 10.5 Å². The molecule has 7 nitrogen and oxygen atoms in total. The maximum atomic E-state index is 12.1. The Labute approximate surface area is 112 Å². The molecule has 0 saturated carbocycles. The second kappa shape index (κ2) is 4.58. The van der Waals surface area contributed by atoms with Crippen LogP contribution in [-0.2, 0) is 17.1 Å². The molecule has 2 aromatic heterocycles. The van der Waals surface area contributed by atoms with E-state index < -0.39 is 10.0 Å². The van der Waals surface area contributed by atoms with Gasteiger partial charge in [0.15, 0.2) is 10.8 Å². The first-order valence-electron chi connectivity index (χ1n) is 4.82. The molecule has 18 heavy (non-hydrogen) atoms. The lowest BCUT2D eigenvalue weighted by Gasteiger charge is -2.09. The summed E-state index contributed by atoms with van der Waals surface area (Å²) in [5.41, 5.74) is 5.96. The lowest BCUT2D eigenvalue weighted by atomic mass is 10.4. The highest BCUT2D eigenvalue weighted by Gasteiger charge is 2.19. The highest BCUT2D eigenvalue weighted by molar-refractivity contribution is 9.10. The molecule has 0 aliphatic heterocycles. The molecule has 0 radical (unpaired) electrons. The summed E-state index contributed by atoms with van der Waals surface area (Å²) in [7, 11) is -2.18. The average molecular weight is 332 g/mol. The molecule has 0 bridgehead atoms. The SMILES string of the molecule is Cn1nccc1S(=O)(=O)Nc1ncc(N)cc1Br. The number of anilines is 2. The number of nitrogen functional groups attached to an aromatic ring is 1. The van der Waals surface area contributed by atoms with Crippen molar-refractivity contribution in [3.05, 3.63) is 29.0 Å². The minimum absolute atomic E-state index is 0.0491. The second-order valence-electron chi connectivity index (χ2n) is 3.50. The van der Waals surface area contributed by atoms with Crippen LogP contribution in [0, 0.1) is 0 Å². The summed E-state index contributed by atoms with van der Waals surface area (Å²) in [5, 5.41) is 3.86. The minimum Gasteiger partial charge on any atom is -0.397 e. The van der Waals surface area contributed by atoms with Crippen molar-refractivity contribution >= 4 is 37.5 Å². The van der Waals surface area contributed by atoms with E-state index in [1.165, 1.54) is 23.1 Å². The molecule has 0 aromatic carbocycles. The number of nitrogens with two attached hydrogens (primary N) is 1. The van der Waals surface area contributed by atoms with Gasteiger partial charge in [-0.3, -0.25) is 9.40 Å². The topological polar surface area (TPSA) is 103 Å². The number of hydrogen-bond acceptors (Lipinski definition) is 5. The van der Waals surface area contributed by atoms with Crippen molar-refractivity contribution in [3.63, 3.8) is 0 Å². The maximum Gasteiger partial charge on any atom is 0.280 e. The summed E-state index contributed by atoms with van der Waals surface area (Å²) in [6.07, 6.45) is 2.77. The van der Waals surface area contributed by atoms with Crippen LogP contribution in [0.1, 0.15) is 0 Å². The molecular weight excluding hydrogens is 322 g/mol. The van der Waals surface area contributed by atoms with Crippen LogP contribution >= 0.6 is 15.9 Å². The summed E-state index contributed by atoms with van der Waals surface area (Å²) in [5.74, 6) is 0.172. The Hall–Kier alpha value is -1.61. The third-order valence-electron chi connectivity index (χ3n) is 2.14. The smallest absolute Gasteiger partial charge is 0.280 e. The van der Waals surface area contributed by atoms with Crippen LogP contribution in [0.15, 0.2) is 34.0 Å². The molecule has 2 aromatic rings. The van der Waals surface area contributed by atoms with Gasteiger partial charge >= 0.3 is 0 Å². The average Bonchev–Trinajstić information content (AvgIpc) is 2.69. The highest BCUT2D eigenvalue weighted by Crippen LogP contribution is 2.24. The van der Waals surface area contributed by atoms with E-state index in [0.29, 0.717) is 10.2 Å². The quantitative estimate of drug-likeness (QED) is 0.871. The third-order valence-corrected chi connectivity index (χ3v) is 4.16. The number of rotatable bonds is 3. The zero-order valence-corrected chi connectivity index (χ0v) is 11.7. The highest BCUT2D eigenvalue weighted by atomic mass is 79.9. The minimum atomic E-state index is -3.72. The fraction of sp³-hybridized carbons (Fsp3) is 0.111. The number of nitrogens with one attached hydrogen (secondary N) is 1. The van der Waals surface area contributed by atoms with E-state index in [1.807, 2.05) is 0 Å². The summed E-state index contributed by atoms with van der Waals surface area (Å²) < 4.78 is 28.2. The van der Waals surface area contributed by atoms with Crippen molar-refractivity contribution in [1.29, 1.82) is 0 Å². The van der Waals surface area contributed by atoms with E-state index in [2.05, 4.69) is 30.7 Å². The molecule has 2 heterocycles. The van der Waals surface area contributed by atoms with Gasteiger partial charge in [0.25, 0.3) is 10.0 Å². The lowest BCUT2D eigenvalue weighted by Crippen LogP contribution is -2.17. The van der Waals surface area contributed by atoms with Crippen molar-refractivity contribution < 1.29 is 8.42 Å². The first-order chi connectivity index (χ1) is 8.40. The van der Waals surface area contributed by atoms with E-state index in [1.54, 1.807) is 13.1 Å². The largest absolute Gasteiger partial charge is 0.397 e. The zero-order chi connectivity index (χ0) is 13.3. The monoisotopic (exact) mass is 331 g/mol. The van der Waals surface area contributed by atoms with Crippen LogP contribution in [0.3, 0.4) is 0 Å². The van der Waals surface area contributed by atoms with Crippen LogP contribution in [-0.4, -0.2) is 23.2 Å². The van der Waals surface area contributed by atoms with Gasteiger partial charge in [0.05, 0.1) is 22.6 Å². The van der Waals surface area contributed by atoms with E-state index >= 15 is 0 Å². The first-order valence-corrected chi connectivity index (χ1v) is 7.09. The molecule has 0 saturated heterocycles. The Kier molecular flexibility index (Phi) is 3.26. The lowest BCUT2D eigenvalue weighted by molar-refractivity contribution is 0.582. The number of aromatic nitrogens is 3. The van der Waals surface area contributed by atoms with Gasteiger partial charge in [-0.2, -0.15) is 13.5 Å². The van der Waals surface area contributed by atoms with Crippen molar-refractivity contribution in [2.24, 2.45) is 7.05 Å². The standard InChI is InChI=1S/C9H10BrN5O2S/c1-15-8(2-3-13-15)18(16,17)14-9-7(10)4-6(11)5-12-9/h2-5H,11H2,1H3,(H,12,14). The van der Waals surface area contributed by atoms with Gasteiger partial charge in [0, 0.05) is 7.05 Å². The van der Waals surface area contributed by atoms with Crippen LogP contribution in [0.5, 0.6) is 0 Å². The molecule has 0 aliphatic carbocycles. The number of halogens is 1. The number of nitrogens with zero attached hydrogens (tertiary/aromatic N) is 3. The fourth-order valence-corrected chi connectivity index (χ4v) is 3.09. The molecule has 0 unspecified atom stereocenters. The van der Waals surface area contributed by atoms with Gasteiger partial charge in [-0.1, -0.05) is 0 Å². The molecule has 2 rings (SSSR count). The Balaban J connectivity index is 2.37. The van der Waals surface area contributed by atoms with Gasteiger partial charge in [-0.05, 0) is 28.1 Å². The van der Waals surface area contributed by atoms with E-state index in [0.717, 1.165) is 0 Å². The summed E-state index contributed by atoms with van der Waals surface area (Å²) in [6, 6.07) is 2.96. The summed E-state index contributed by atoms with van der Waals surface area (Å²) >= 11 is 3.19. The second-order valence-corrected chi connectivity index (χ2v) is 5.98. The van der Waals surface area contributed by atoms with E-state index in [9.17, 15) is 8.42 Å². The normalized spacial score (nSPS) is 11.4. The van der Waals surface area contributed by atoms with Crippen LogP contribution < -0.4 is 10.5 Å². The molecule has 9 heteroatoms. The number of sulfonamides is 1. The predicted molar refractivity (Wildman–Crippen MR) is 70.4 cm³/mol. The molecule has 0 spiro atoms. The first kappa shape index (κ1) is 12.8. The number of pyridine rings is 1. The molecule has 0 aliphatic rings. The van der Waals surface area contributed by atoms with Crippen LogP contribution in [0.2, 0.25) is 0 Å². The van der Waals surface area contributed by atoms with Gasteiger partial charge in [-0.15, -0.1) is 0 Å². The van der Waals surface area contributed by atoms with Gasteiger partial charge in [0.1, 0.15) is 0 Å². The molecule has 0 amide bonds.